The molecule has 108 valence electrons. The van der Waals surface area contributed by atoms with Gasteiger partial charge in [0.15, 0.2) is 0 Å². The summed E-state index contributed by atoms with van der Waals surface area (Å²) in [7, 11) is 4.02. The molecule has 0 aliphatic carbocycles. The molecule has 1 aromatic carbocycles. The minimum absolute atomic E-state index is 0.757. The third-order valence-electron chi connectivity index (χ3n) is 3.05. The van der Waals surface area contributed by atoms with Crippen LogP contribution in [0.25, 0.3) is 0 Å². The number of benzene rings is 1. The molecule has 0 aliphatic rings. The molecule has 0 atom stereocenters. The molecule has 0 radical (unpaired) electrons. The highest BCUT2D eigenvalue weighted by atomic mass is 79.9. The van der Waals surface area contributed by atoms with Crippen molar-refractivity contribution in [3.63, 3.8) is 0 Å². The van der Waals surface area contributed by atoms with Gasteiger partial charge in [-0.2, -0.15) is 0 Å². The first-order chi connectivity index (χ1) is 9.69. The molecule has 1 heterocycles. The predicted molar refractivity (Wildman–Crippen MR) is 83.3 cm³/mol. The smallest absolute Gasteiger partial charge is 0.0964 e. The summed E-state index contributed by atoms with van der Waals surface area (Å²) in [6, 6.07) is 8.31. The Balaban J connectivity index is 1.82. The molecule has 0 spiro atoms. The number of aromatic nitrogens is 3. The zero-order valence-corrected chi connectivity index (χ0v) is 13.5. The number of likely N-dealkylation sites (N-methyl/N-ethyl adjacent to an activating group) is 1. The average Bonchev–Trinajstić information content (AvgIpc) is 2.87. The summed E-state index contributed by atoms with van der Waals surface area (Å²) < 4.78 is 3.05. The maximum Gasteiger partial charge on any atom is 0.0964 e. The van der Waals surface area contributed by atoms with E-state index in [-0.39, 0.29) is 0 Å². The molecule has 2 rings (SSSR count). The van der Waals surface area contributed by atoms with Crippen LogP contribution in [0.4, 0.5) is 0 Å². The van der Waals surface area contributed by atoms with Gasteiger partial charge in [-0.15, -0.1) is 5.10 Å². The second-order valence-electron chi connectivity index (χ2n) is 4.83. The predicted octanol–water partition coefficient (Wildman–Crippen LogP) is 1.89. The largest absolute Gasteiger partial charge is 0.314 e. The lowest BCUT2D eigenvalue weighted by Gasteiger charge is -2.17. The Morgan fingerprint density at radius 1 is 1.35 bits per heavy atom. The van der Waals surface area contributed by atoms with E-state index in [1.807, 2.05) is 24.0 Å². The van der Waals surface area contributed by atoms with Crippen molar-refractivity contribution >= 4 is 15.9 Å². The molecule has 0 amide bonds. The normalized spacial score (nSPS) is 11.2. The summed E-state index contributed by atoms with van der Waals surface area (Å²) >= 11 is 3.58. The number of hydrogen-bond acceptors (Lipinski definition) is 4. The summed E-state index contributed by atoms with van der Waals surface area (Å²) in [6.45, 7) is 3.45. The van der Waals surface area contributed by atoms with Crippen LogP contribution in [0.5, 0.6) is 0 Å². The topological polar surface area (TPSA) is 46.0 Å². The Labute approximate surface area is 128 Å². The van der Waals surface area contributed by atoms with E-state index in [1.54, 1.807) is 0 Å². The summed E-state index contributed by atoms with van der Waals surface area (Å²) in [6.07, 6.45) is 1.99. The fourth-order valence-corrected chi connectivity index (χ4v) is 2.39. The molecule has 0 bridgehead atoms. The van der Waals surface area contributed by atoms with Crippen molar-refractivity contribution in [2.24, 2.45) is 0 Å². The highest BCUT2D eigenvalue weighted by Crippen LogP contribution is 2.17. The minimum Gasteiger partial charge on any atom is -0.314 e. The minimum atomic E-state index is 0.757. The van der Waals surface area contributed by atoms with Gasteiger partial charge in [0.25, 0.3) is 0 Å². The van der Waals surface area contributed by atoms with Crippen LogP contribution in [0.3, 0.4) is 0 Å². The van der Waals surface area contributed by atoms with Crippen molar-refractivity contribution in [1.82, 2.24) is 25.2 Å². The molecule has 1 aromatic heterocycles. The summed E-state index contributed by atoms with van der Waals surface area (Å²) in [5.74, 6) is 0. The van der Waals surface area contributed by atoms with Crippen LogP contribution < -0.4 is 5.32 Å². The quantitative estimate of drug-likeness (QED) is 0.838. The Morgan fingerprint density at radius 3 is 2.90 bits per heavy atom. The second kappa shape index (κ2) is 7.52. The molecule has 6 heteroatoms. The van der Waals surface area contributed by atoms with Crippen molar-refractivity contribution in [2.75, 3.05) is 20.6 Å². The Hall–Kier alpha value is -1.24. The van der Waals surface area contributed by atoms with Gasteiger partial charge in [0.2, 0.25) is 0 Å². The van der Waals surface area contributed by atoms with E-state index >= 15 is 0 Å². The third-order valence-corrected chi connectivity index (χ3v) is 3.83. The third kappa shape index (κ3) is 4.40. The molecule has 0 aliphatic heterocycles. The van der Waals surface area contributed by atoms with Crippen LogP contribution in [0.15, 0.2) is 34.9 Å². The second-order valence-corrected chi connectivity index (χ2v) is 5.69. The SMILES string of the molecule is CNCc1cn(CCN(C)Cc2ccccc2Br)nn1. The van der Waals surface area contributed by atoms with Gasteiger partial charge in [0.1, 0.15) is 0 Å². The number of nitrogens with zero attached hydrogens (tertiary/aromatic N) is 4. The molecule has 0 saturated heterocycles. The van der Waals surface area contributed by atoms with Crippen LogP contribution in [0.1, 0.15) is 11.3 Å². The molecule has 1 N–H and O–H groups in total. The zero-order chi connectivity index (χ0) is 14.4. The van der Waals surface area contributed by atoms with E-state index in [4.69, 9.17) is 0 Å². The van der Waals surface area contributed by atoms with E-state index in [0.29, 0.717) is 0 Å². The standard InChI is InChI=1S/C14H20BrN5/c1-16-9-13-11-20(18-17-13)8-7-19(2)10-12-5-3-4-6-14(12)15/h3-6,11,16H,7-10H2,1-2H3. The van der Waals surface area contributed by atoms with E-state index in [9.17, 15) is 0 Å². The van der Waals surface area contributed by atoms with Gasteiger partial charge in [0.05, 0.1) is 12.2 Å². The number of halogens is 1. The van der Waals surface area contributed by atoms with Crippen LogP contribution in [-0.2, 0) is 19.6 Å². The van der Waals surface area contributed by atoms with Crippen LogP contribution in [0, 0.1) is 0 Å². The molecule has 5 nitrogen and oxygen atoms in total. The van der Waals surface area contributed by atoms with E-state index in [1.165, 1.54) is 5.56 Å². The van der Waals surface area contributed by atoms with Gasteiger partial charge in [-0.25, -0.2) is 0 Å². The van der Waals surface area contributed by atoms with Gasteiger partial charge in [-0.05, 0) is 25.7 Å². The highest BCUT2D eigenvalue weighted by Gasteiger charge is 2.05. The lowest BCUT2D eigenvalue weighted by molar-refractivity contribution is 0.303. The molecular weight excluding hydrogens is 318 g/mol. The first kappa shape index (κ1) is 15.2. The maximum absolute atomic E-state index is 4.12. The molecule has 0 saturated carbocycles. The molecule has 2 aromatic rings. The van der Waals surface area contributed by atoms with Gasteiger partial charge in [-0.1, -0.05) is 39.3 Å². The Morgan fingerprint density at radius 2 is 2.15 bits per heavy atom. The van der Waals surface area contributed by atoms with Crippen molar-refractivity contribution in [1.29, 1.82) is 0 Å². The van der Waals surface area contributed by atoms with Gasteiger partial charge >= 0.3 is 0 Å². The summed E-state index contributed by atoms with van der Waals surface area (Å²) in [5.41, 5.74) is 2.27. The lowest BCUT2D eigenvalue weighted by Crippen LogP contribution is -2.23. The fourth-order valence-electron chi connectivity index (χ4n) is 1.98. The average molecular weight is 338 g/mol. The van der Waals surface area contributed by atoms with Crippen LogP contribution in [-0.4, -0.2) is 40.5 Å². The summed E-state index contributed by atoms with van der Waals surface area (Å²) in [5, 5.41) is 11.3. The first-order valence-electron chi connectivity index (χ1n) is 6.64. The number of hydrogen-bond donors (Lipinski definition) is 1. The lowest BCUT2D eigenvalue weighted by atomic mass is 10.2. The fraction of sp³-hybridized carbons (Fsp3) is 0.429. The monoisotopic (exact) mass is 337 g/mol. The van der Waals surface area contributed by atoms with Crippen molar-refractivity contribution in [3.05, 3.63) is 46.2 Å². The van der Waals surface area contributed by atoms with Crippen LogP contribution >= 0.6 is 15.9 Å². The zero-order valence-electron chi connectivity index (χ0n) is 11.9. The highest BCUT2D eigenvalue weighted by molar-refractivity contribution is 9.10. The molecular formula is C14H20BrN5. The molecule has 0 fully saturated rings. The van der Waals surface area contributed by atoms with Crippen LogP contribution in [0.2, 0.25) is 0 Å². The van der Waals surface area contributed by atoms with E-state index < -0.39 is 0 Å². The van der Waals surface area contributed by atoms with Gasteiger partial charge in [0, 0.05) is 30.3 Å². The Kier molecular flexibility index (Phi) is 5.70. The van der Waals surface area contributed by atoms with E-state index in [0.717, 1.165) is 36.3 Å². The molecule has 0 unspecified atom stereocenters. The molecule has 20 heavy (non-hydrogen) atoms. The van der Waals surface area contributed by atoms with Gasteiger partial charge < -0.3 is 10.2 Å². The van der Waals surface area contributed by atoms with Crippen molar-refractivity contribution in [3.8, 4) is 0 Å². The van der Waals surface area contributed by atoms with Crippen molar-refractivity contribution in [2.45, 2.75) is 19.6 Å². The van der Waals surface area contributed by atoms with E-state index in [2.05, 4.69) is 61.7 Å². The summed E-state index contributed by atoms with van der Waals surface area (Å²) in [4.78, 5) is 2.28. The first-order valence-corrected chi connectivity index (χ1v) is 7.44. The van der Waals surface area contributed by atoms with Gasteiger partial charge in [-0.3, -0.25) is 4.68 Å². The number of nitrogens with one attached hydrogen (secondary N) is 1. The number of rotatable bonds is 7. The van der Waals surface area contributed by atoms with Crippen molar-refractivity contribution < 1.29 is 0 Å². The Bertz CT molecular complexity index is 540. The maximum atomic E-state index is 4.12.